The molecular weight excluding hydrogens is 528 g/mol. The van der Waals surface area contributed by atoms with Crippen LogP contribution in [-0.4, -0.2) is 113 Å². The number of rotatable bonds is 6. The van der Waals surface area contributed by atoms with Gasteiger partial charge in [0.05, 0.1) is 12.1 Å². The number of thioether (sulfide) groups is 1. The van der Waals surface area contributed by atoms with Gasteiger partial charge >= 0.3 is 5.97 Å². The predicted molar refractivity (Wildman–Crippen MR) is 129 cm³/mol. The number of nitrogens with one attached hydrogen (secondary N) is 2. The number of amides is 3. The average molecular weight is 551 g/mol. The summed E-state index contributed by atoms with van der Waals surface area (Å²) in [5.41, 5.74) is 5.42. The molecule has 4 aliphatic heterocycles. The zero-order valence-corrected chi connectivity index (χ0v) is 20.7. The van der Waals surface area contributed by atoms with Crippen molar-refractivity contribution < 1.29 is 34.6 Å². The standard InChI is InChI=1S/C20H22N8O7S2/c21-20-24-14(26-37-20)11(25-35)15(30)23-12-17(32)28-13(19(33)34)8(6-36-18(12)28)3-7-1-2-27(16(7)31)9-4-22-5-10(9)29/h3,9-10,12,18,22,29,35H,1-2,4-6H2,(H,23,30)(H,33,34)(H2,21,24,26)/b7-3+,25-11-/t9-,10?,12+,18+/m0/s1. The predicted octanol–water partition coefficient (Wildman–Crippen LogP) is -2.47. The first-order chi connectivity index (χ1) is 17.7. The van der Waals surface area contributed by atoms with E-state index in [1.807, 2.05) is 0 Å². The number of hydrogen-bond donors (Lipinski definition) is 6. The number of carbonyl (C=O) groups excluding carboxylic acids is 3. The van der Waals surface area contributed by atoms with Crippen LogP contribution in [0.25, 0.3) is 0 Å². The smallest absolute Gasteiger partial charge is 0.352 e. The fourth-order valence-corrected chi connectivity index (χ4v) is 6.49. The van der Waals surface area contributed by atoms with Gasteiger partial charge in [-0.1, -0.05) is 5.16 Å². The Morgan fingerprint density at radius 1 is 1.30 bits per heavy atom. The van der Waals surface area contributed by atoms with Crippen molar-refractivity contribution in [2.24, 2.45) is 5.16 Å². The number of aliphatic carboxylic acids is 1. The van der Waals surface area contributed by atoms with E-state index in [0.717, 1.165) is 16.4 Å². The van der Waals surface area contributed by atoms with E-state index in [2.05, 4.69) is 25.1 Å². The average Bonchev–Trinajstić information content (AvgIpc) is 3.58. The van der Waals surface area contributed by atoms with Crippen LogP contribution < -0.4 is 16.4 Å². The van der Waals surface area contributed by atoms with Crippen molar-refractivity contribution in [3.05, 3.63) is 28.7 Å². The van der Waals surface area contributed by atoms with E-state index in [0.29, 0.717) is 37.2 Å². The fourth-order valence-electron chi connectivity index (χ4n) is 4.75. The number of nitrogens with zero attached hydrogens (tertiary/aromatic N) is 5. The van der Waals surface area contributed by atoms with E-state index < -0.39 is 41.0 Å². The Kier molecular flexibility index (Phi) is 6.61. The van der Waals surface area contributed by atoms with Crippen molar-refractivity contribution in [2.45, 2.75) is 30.0 Å². The molecule has 3 fully saturated rings. The molecule has 4 atom stereocenters. The summed E-state index contributed by atoms with van der Waals surface area (Å²) in [4.78, 5) is 57.1. The SMILES string of the molecule is Nc1nc(/C(=N/O)C(=O)N[C@@H]2C(=O)N3C(C(=O)O)=C(/C=C4\CCN([C@H]5CNCC5O)C4=O)CS[C@H]23)ns1. The number of aromatic nitrogens is 2. The molecule has 1 unspecified atom stereocenters. The van der Waals surface area contributed by atoms with Gasteiger partial charge < -0.3 is 36.7 Å². The van der Waals surface area contributed by atoms with E-state index >= 15 is 0 Å². The second-order valence-electron chi connectivity index (χ2n) is 8.66. The van der Waals surface area contributed by atoms with E-state index in [1.54, 1.807) is 4.90 Å². The fraction of sp³-hybridized carbons (Fsp3) is 0.450. The zero-order chi connectivity index (χ0) is 26.4. The van der Waals surface area contributed by atoms with Crippen LogP contribution in [0.1, 0.15) is 12.2 Å². The number of aliphatic hydroxyl groups excluding tert-OH is 1. The normalized spacial score (nSPS) is 29.1. The van der Waals surface area contributed by atoms with Crippen LogP contribution in [0, 0.1) is 0 Å². The molecule has 5 heterocycles. The molecule has 0 aromatic carbocycles. The Morgan fingerprint density at radius 3 is 2.70 bits per heavy atom. The molecule has 0 saturated carbocycles. The third kappa shape index (κ3) is 4.32. The largest absolute Gasteiger partial charge is 0.477 e. The third-order valence-corrected chi connectivity index (χ3v) is 8.36. The van der Waals surface area contributed by atoms with E-state index in [4.69, 9.17) is 5.73 Å². The molecule has 0 spiro atoms. The quantitative estimate of drug-likeness (QED) is 0.0712. The second-order valence-corrected chi connectivity index (χ2v) is 10.5. The summed E-state index contributed by atoms with van der Waals surface area (Å²) in [6, 6.07) is -1.42. The highest BCUT2D eigenvalue weighted by Gasteiger charge is 2.54. The molecular formula is C20H22N8O7S2. The van der Waals surface area contributed by atoms with Crippen molar-refractivity contribution >= 4 is 57.8 Å². The Morgan fingerprint density at radius 2 is 2.08 bits per heavy atom. The highest BCUT2D eigenvalue weighted by molar-refractivity contribution is 8.00. The molecule has 5 rings (SSSR count). The monoisotopic (exact) mass is 550 g/mol. The summed E-state index contributed by atoms with van der Waals surface area (Å²) in [7, 11) is 0. The lowest BCUT2D eigenvalue weighted by atomic mass is 10.0. The number of nitrogen functional groups attached to an aromatic ring is 1. The summed E-state index contributed by atoms with van der Waals surface area (Å²) >= 11 is 2.02. The van der Waals surface area contributed by atoms with E-state index in [-0.39, 0.29) is 34.4 Å². The minimum absolute atomic E-state index is 0.0514. The maximum Gasteiger partial charge on any atom is 0.352 e. The number of carboxylic acid groups (broad SMARTS) is 1. The molecule has 3 amide bonds. The summed E-state index contributed by atoms with van der Waals surface area (Å²) < 4.78 is 3.81. The number of β-amino-alcohol motifs (C(OH)–C–C–N with tert-alkyl or cyclic N) is 1. The molecule has 0 bridgehead atoms. The molecule has 1 aromatic heterocycles. The maximum absolute atomic E-state index is 13.0. The Hall–Kier alpha value is -3.54. The molecule has 17 heteroatoms. The summed E-state index contributed by atoms with van der Waals surface area (Å²) in [5, 5.41) is 37.0. The summed E-state index contributed by atoms with van der Waals surface area (Å²) in [5.74, 6) is -3.23. The lowest BCUT2D eigenvalue weighted by Gasteiger charge is -2.49. The van der Waals surface area contributed by atoms with Crippen molar-refractivity contribution in [1.29, 1.82) is 0 Å². The van der Waals surface area contributed by atoms with Crippen LogP contribution in [0.3, 0.4) is 0 Å². The van der Waals surface area contributed by atoms with Gasteiger partial charge in [0.25, 0.3) is 11.8 Å². The van der Waals surface area contributed by atoms with E-state index in [1.165, 1.54) is 17.8 Å². The van der Waals surface area contributed by atoms with Gasteiger partial charge in [0.1, 0.15) is 17.1 Å². The second kappa shape index (κ2) is 9.73. The molecule has 196 valence electrons. The lowest BCUT2D eigenvalue weighted by molar-refractivity contribution is -0.150. The Bertz CT molecular complexity index is 1280. The molecule has 3 saturated heterocycles. The number of likely N-dealkylation sites (tertiary alicyclic amines) is 1. The van der Waals surface area contributed by atoms with Gasteiger partial charge in [0, 0.05) is 42.5 Å². The highest BCUT2D eigenvalue weighted by Crippen LogP contribution is 2.41. The van der Waals surface area contributed by atoms with Gasteiger partial charge in [-0.2, -0.15) is 9.36 Å². The third-order valence-electron chi connectivity index (χ3n) is 6.51. The zero-order valence-electron chi connectivity index (χ0n) is 19.0. The number of hydrogen-bond acceptors (Lipinski definition) is 13. The number of nitrogens with two attached hydrogens (primary N) is 1. The molecule has 7 N–H and O–H groups in total. The van der Waals surface area contributed by atoms with Crippen LogP contribution in [0.5, 0.6) is 0 Å². The number of anilines is 1. The first-order valence-corrected chi connectivity index (χ1v) is 13.0. The van der Waals surface area contributed by atoms with Crippen LogP contribution in [0.15, 0.2) is 28.1 Å². The number of carboxylic acids is 1. The first kappa shape index (κ1) is 25.1. The number of aliphatic hydroxyl groups is 1. The van der Waals surface area contributed by atoms with Crippen molar-refractivity contribution in [3.63, 3.8) is 0 Å². The topological polar surface area (TPSA) is 224 Å². The van der Waals surface area contributed by atoms with Crippen LogP contribution in [-0.2, 0) is 19.2 Å². The van der Waals surface area contributed by atoms with Crippen molar-refractivity contribution in [3.8, 4) is 0 Å². The highest BCUT2D eigenvalue weighted by atomic mass is 32.2. The minimum Gasteiger partial charge on any atom is -0.477 e. The van der Waals surface area contributed by atoms with Gasteiger partial charge in [0.2, 0.25) is 17.4 Å². The molecule has 15 nitrogen and oxygen atoms in total. The van der Waals surface area contributed by atoms with Gasteiger partial charge in [-0.25, -0.2) is 4.79 Å². The summed E-state index contributed by atoms with van der Waals surface area (Å²) in [6.07, 6.45) is 1.23. The maximum atomic E-state index is 13.0. The Labute approximate surface area is 217 Å². The number of fused-ring (bicyclic) bond motifs is 1. The van der Waals surface area contributed by atoms with Crippen LogP contribution in [0.2, 0.25) is 0 Å². The molecule has 37 heavy (non-hydrogen) atoms. The van der Waals surface area contributed by atoms with Crippen molar-refractivity contribution in [1.82, 2.24) is 29.8 Å². The first-order valence-electron chi connectivity index (χ1n) is 11.1. The molecule has 0 aliphatic carbocycles. The van der Waals surface area contributed by atoms with Gasteiger partial charge in [-0.15, -0.1) is 11.8 Å². The van der Waals surface area contributed by atoms with Gasteiger partial charge in [-0.05, 0) is 18.1 Å². The van der Waals surface area contributed by atoms with Crippen molar-refractivity contribution in [2.75, 3.05) is 31.1 Å². The summed E-state index contributed by atoms with van der Waals surface area (Å²) in [6.45, 7) is 1.28. The number of allylic oxidation sites excluding steroid dienone is 1. The van der Waals surface area contributed by atoms with Crippen LogP contribution >= 0.6 is 23.3 Å². The number of carbonyl (C=O) groups is 4. The number of oxime groups is 1. The van der Waals surface area contributed by atoms with Crippen LogP contribution in [0.4, 0.5) is 5.13 Å². The van der Waals surface area contributed by atoms with Gasteiger partial charge in [-0.3, -0.25) is 19.3 Å². The number of β-lactam (4-membered cyclic amide) rings is 1. The molecule has 1 aromatic rings. The van der Waals surface area contributed by atoms with Gasteiger partial charge in [0.15, 0.2) is 5.13 Å². The minimum atomic E-state index is -1.34. The lowest BCUT2D eigenvalue weighted by Crippen LogP contribution is -2.71. The molecule has 4 aliphatic rings. The molecule has 0 radical (unpaired) electrons. The Balaban J connectivity index is 1.33. The van der Waals surface area contributed by atoms with E-state index in [9.17, 15) is 34.6 Å².